The third-order valence-corrected chi connectivity index (χ3v) is 10.1. The number of amides is 2. The van der Waals surface area contributed by atoms with Crippen molar-refractivity contribution in [3.63, 3.8) is 0 Å². The number of urea groups is 1. The number of rotatable bonds is 16. The third kappa shape index (κ3) is 8.17. The fourth-order valence-electron chi connectivity index (χ4n) is 8.52. The first-order valence-corrected chi connectivity index (χ1v) is 16.9. The smallest absolute Gasteiger partial charge is 0.335 e. The van der Waals surface area contributed by atoms with E-state index in [4.69, 9.17) is 4.74 Å². The summed E-state index contributed by atoms with van der Waals surface area (Å²) in [5, 5.41) is 7.66. The van der Waals surface area contributed by atoms with Crippen LogP contribution in [0.25, 0.3) is 0 Å². The van der Waals surface area contributed by atoms with Crippen molar-refractivity contribution >= 4 is 12.2 Å². The van der Waals surface area contributed by atoms with Crippen molar-refractivity contribution in [2.45, 2.75) is 128 Å². The molecular weight excluding hydrogens is 518 g/mol. The van der Waals surface area contributed by atoms with E-state index < -0.39 is 0 Å². The molecule has 2 atom stereocenters. The minimum absolute atomic E-state index is 0.123. The minimum atomic E-state index is -0.191. The molecule has 4 bridgehead atoms. The average molecular weight is 572 g/mol. The van der Waals surface area contributed by atoms with E-state index in [0.29, 0.717) is 11.8 Å². The van der Waals surface area contributed by atoms with E-state index in [2.05, 4.69) is 54.0 Å². The van der Waals surface area contributed by atoms with Crippen molar-refractivity contribution in [3.05, 3.63) is 65.2 Å². The van der Waals surface area contributed by atoms with Gasteiger partial charge in [-0.3, -0.25) is 0 Å². The largest absolute Gasteiger partial charge is 0.494 e. The molecule has 228 valence electrons. The molecular formula is C37H53N3O2. The lowest BCUT2D eigenvalue weighted by Crippen LogP contribution is -2.65. The zero-order valence-electron chi connectivity index (χ0n) is 26.1. The highest BCUT2D eigenvalue weighted by atomic mass is 16.5. The van der Waals surface area contributed by atoms with Gasteiger partial charge in [0.25, 0.3) is 0 Å². The molecule has 4 aliphatic carbocycles. The number of carbonyl (C=O) groups excluding carboxylic acids is 1. The molecule has 2 N–H and O–H groups in total. The fourth-order valence-corrected chi connectivity index (χ4v) is 8.52. The van der Waals surface area contributed by atoms with Gasteiger partial charge in [0.15, 0.2) is 0 Å². The van der Waals surface area contributed by atoms with Crippen LogP contribution in [0.4, 0.5) is 4.79 Å². The normalized spacial score (nSPS) is 26.0. The van der Waals surface area contributed by atoms with Crippen molar-refractivity contribution in [3.8, 4) is 5.75 Å². The number of hydrazone groups is 1. The van der Waals surface area contributed by atoms with E-state index in [0.717, 1.165) is 43.6 Å². The zero-order chi connectivity index (χ0) is 29.3. The Balaban J connectivity index is 1.01. The Labute approximate surface area is 254 Å². The van der Waals surface area contributed by atoms with Crippen molar-refractivity contribution in [2.24, 2.45) is 16.9 Å². The average Bonchev–Trinajstić information content (AvgIpc) is 2.96. The first-order chi connectivity index (χ1) is 20.5. The van der Waals surface area contributed by atoms with Gasteiger partial charge in [-0.15, -0.1) is 0 Å². The van der Waals surface area contributed by atoms with Gasteiger partial charge in [-0.25, -0.2) is 10.2 Å². The zero-order valence-corrected chi connectivity index (χ0v) is 26.1. The molecule has 0 radical (unpaired) electrons. The highest BCUT2D eigenvalue weighted by molar-refractivity contribution is 5.82. The summed E-state index contributed by atoms with van der Waals surface area (Å²) in [6, 6.07) is 16.9. The van der Waals surface area contributed by atoms with Crippen LogP contribution >= 0.6 is 0 Å². The molecule has 5 heteroatoms. The summed E-state index contributed by atoms with van der Waals surface area (Å²) in [5.41, 5.74) is 6.53. The molecule has 2 aromatic rings. The number of nitrogens with one attached hydrogen (secondary N) is 2. The van der Waals surface area contributed by atoms with Gasteiger partial charge in [-0.05, 0) is 105 Å². The molecule has 0 aliphatic heterocycles. The SMILES string of the molecule is CCCCCCCCCCCCOc1ccc(C=NNC(=O)NC23CC4CC(C2)CC(c2ccc(C)cc2)(C4)C3)cc1. The van der Waals surface area contributed by atoms with Gasteiger partial charge >= 0.3 is 6.03 Å². The summed E-state index contributed by atoms with van der Waals surface area (Å²) in [7, 11) is 0. The van der Waals surface area contributed by atoms with E-state index in [9.17, 15) is 4.79 Å². The van der Waals surface area contributed by atoms with Crippen molar-refractivity contribution in [2.75, 3.05) is 6.61 Å². The van der Waals surface area contributed by atoms with E-state index >= 15 is 0 Å². The van der Waals surface area contributed by atoms with Gasteiger partial charge in [0.2, 0.25) is 0 Å². The van der Waals surface area contributed by atoms with Crippen LogP contribution in [-0.4, -0.2) is 24.4 Å². The monoisotopic (exact) mass is 571 g/mol. The second kappa shape index (κ2) is 14.6. The number of aryl methyl sites for hydroxylation is 1. The van der Waals surface area contributed by atoms with Crippen LogP contribution in [0.2, 0.25) is 0 Å². The Morgan fingerprint density at radius 2 is 1.48 bits per heavy atom. The van der Waals surface area contributed by atoms with Crippen molar-refractivity contribution in [1.82, 2.24) is 10.7 Å². The number of hydrogen-bond donors (Lipinski definition) is 2. The maximum atomic E-state index is 13.0. The minimum Gasteiger partial charge on any atom is -0.494 e. The van der Waals surface area contributed by atoms with Crippen LogP contribution in [0.15, 0.2) is 53.6 Å². The lowest BCUT2D eigenvalue weighted by Gasteiger charge is -2.62. The van der Waals surface area contributed by atoms with Gasteiger partial charge in [0, 0.05) is 5.54 Å². The summed E-state index contributed by atoms with van der Waals surface area (Å²) < 4.78 is 5.93. The summed E-state index contributed by atoms with van der Waals surface area (Å²) >= 11 is 0. The first-order valence-electron chi connectivity index (χ1n) is 16.9. The van der Waals surface area contributed by atoms with Gasteiger partial charge in [0.1, 0.15) is 5.75 Å². The second-order valence-corrected chi connectivity index (χ2v) is 13.8. The number of benzene rings is 2. The number of unbranched alkanes of at least 4 members (excludes halogenated alkanes) is 9. The van der Waals surface area contributed by atoms with Gasteiger partial charge < -0.3 is 10.1 Å². The predicted octanol–water partition coefficient (Wildman–Crippen LogP) is 9.22. The molecule has 0 saturated heterocycles. The molecule has 6 rings (SSSR count). The number of hydrogen-bond acceptors (Lipinski definition) is 3. The van der Waals surface area contributed by atoms with E-state index in [1.54, 1.807) is 6.21 Å². The first kappa shape index (κ1) is 30.6. The van der Waals surface area contributed by atoms with Crippen LogP contribution in [-0.2, 0) is 5.41 Å². The molecule has 0 aromatic heterocycles. The standard InChI is InChI=1S/C37H53N3O2/c1-3-4-5-6-7-8-9-10-11-12-21-42-34-19-15-30(16-20-34)27-38-40-35(41)39-37-25-31-22-32(26-37)24-36(23-31,28-37)33-17-13-29(2)14-18-33/h13-20,27,31-32H,3-12,21-26,28H2,1-2H3,(H2,39,40,41). The van der Waals surface area contributed by atoms with E-state index in [-0.39, 0.29) is 17.0 Å². The van der Waals surface area contributed by atoms with Gasteiger partial charge in [-0.1, -0.05) is 94.5 Å². The number of nitrogens with zero attached hydrogens (tertiary/aromatic N) is 1. The molecule has 0 heterocycles. The summed E-state index contributed by atoms with van der Waals surface area (Å²) in [6.45, 7) is 5.19. The van der Waals surface area contributed by atoms with E-state index in [1.807, 2.05) is 24.3 Å². The topological polar surface area (TPSA) is 62.7 Å². The Hall–Kier alpha value is -2.82. The van der Waals surface area contributed by atoms with Crippen LogP contribution in [0.3, 0.4) is 0 Å². The lowest BCUT2D eigenvalue weighted by atomic mass is 9.45. The molecule has 2 unspecified atom stereocenters. The quantitative estimate of drug-likeness (QED) is 0.120. The molecule has 42 heavy (non-hydrogen) atoms. The summed E-state index contributed by atoms with van der Waals surface area (Å²) in [4.78, 5) is 13.0. The van der Waals surface area contributed by atoms with Crippen LogP contribution in [0.5, 0.6) is 5.75 Å². The van der Waals surface area contributed by atoms with Crippen molar-refractivity contribution in [1.29, 1.82) is 0 Å². The molecule has 4 fully saturated rings. The fraction of sp³-hybridized carbons (Fsp3) is 0.622. The van der Waals surface area contributed by atoms with E-state index in [1.165, 1.54) is 88.2 Å². The Morgan fingerprint density at radius 3 is 2.12 bits per heavy atom. The predicted molar refractivity (Wildman–Crippen MR) is 173 cm³/mol. The summed E-state index contributed by atoms with van der Waals surface area (Å²) in [6.07, 6.45) is 22.0. The summed E-state index contributed by atoms with van der Waals surface area (Å²) in [5.74, 6) is 2.28. The van der Waals surface area contributed by atoms with Gasteiger partial charge in [0.05, 0.1) is 12.8 Å². The molecule has 4 saturated carbocycles. The number of carbonyl (C=O) groups is 1. The molecule has 4 aliphatic rings. The highest BCUT2D eigenvalue weighted by Gasteiger charge is 2.58. The van der Waals surface area contributed by atoms with Crippen LogP contribution in [0.1, 0.15) is 126 Å². The molecule has 5 nitrogen and oxygen atoms in total. The molecule has 2 aromatic carbocycles. The molecule has 0 spiro atoms. The van der Waals surface area contributed by atoms with Crippen LogP contribution in [0, 0.1) is 18.8 Å². The Morgan fingerprint density at radius 1 is 0.857 bits per heavy atom. The third-order valence-electron chi connectivity index (χ3n) is 10.1. The van der Waals surface area contributed by atoms with Gasteiger partial charge in [-0.2, -0.15) is 5.10 Å². The molecule has 2 amide bonds. The Bertz CT molecular complexity index is 1140. The Kier molecular flexibility index (Phi) is 10.6. The lowest BCUT2D eigenvalue weighted by molar-refractivity contribution is -0.0349. The van der Waals surface area contributed by atoms with Crippen molar-refractivity contribution < 1.29 is 9.53 Å². The number of ether oxygens (including phenoxy) is 1. The highest BCUT2D eigenvalue weighted by Crippen LogP contribution is 2.62. The maximum Gasteiger partial charge on any atom is 0.335 e. The van der Waals surface area contributed by atoms with Crippen LogP contribution < -0.4 is 15.5 Å². The maximum absolute atomic E-state index is 13.0. The second-order valence-electron chi connectivity index (χ2n) is 13.8.